The summed E-state index contributed by atoms with van der Waals surface area (Å²) in [4.78, 5) is 27.5. The molecule has 7 heteroatoms. The lowest BCUT2D eigenvalue weighted by molar-refractivity contribution is -0.116. The summed E-state index contributed by atoms with van der Waals surface area (Å²) in [5.41, 5.74) is 2.06. The number of fused-ring (bicyclic) bond motifs is 1. The third-order valence-electron chi connectivity index (χ3n) is 4.45. The van der Waals surface area contributed by atoms with E-state index in [2.05, 4.69) is 5.32 Å². The maximum atomic E-state index is 12.8. The molecule has 0 spiro atoms. The van der Waals surface area contributed by atoms with E-state index in [9.17, 15) is 9.59 Å². The topological polar surface area (TPSA) is 71.8 Å². The monoisotopic (exact) mass is 398 g/mol. The first-order chi connectivity index (χ1) is 13.4. The lowest BCUT2D eigenvalue weighted by Crippen LogP contribution is -2.35. The first-order valence-corrected chi connectivity index (χ1v) is 9.92. The number of anilines is 1. The van der Waals surface area contributed by atoms with E-state index in [1.807, 2.05) is 43.5 Å². The maximum absolute atomic E-state index is 12.8. The first kappa shape index (κ1) is 19.8. The number of aryl methyl sites for hydroxylation is 1. The van der Waals surface area contributed by atoms with Crippen LogP contribution in [0.2, 0.25) is 0 Å². The average molecular weight is 398 g/mol. The van der Waals surface area contributed by atoms with Crippen LogP contribution in [0.3, 0.4) is 0 Å². The van der Waals surface area contributed by atoms with Crippen LogP contribution in [0.5, 0.6) is 5.75 Å². The highest BCUT2D eigenvalue weighted by Crippen LogP contribution is 2.29. The molecule has 0 fully saturated rings. The van der Waals surface area contributed by atoms with Crippen molar-refractivity contribution in [3.8, 4) is 5.75 Å². The molecule has 0 aliphatic rings. The number of carbonyl (C=O) groups excluding carboxylic acids is 2. The van der Waals surface area contributed by atoms with Gasteiger partial charge in [-0.2, -0.15) is 0 Å². The van der Waals surface area contributed by atoms with Gasteiger partial charge in [0.05, 0.1) is 19.3 Å². The summed E-state index contributed by atoms with van der Waals surface area (Å²) in [5.74, 6) is 0.299. The van der Waals surface area contributed by atoms with Crippen LogP contribution in [0.4, 0.5) is 5.69 Å². The third-order valence-corrected chi connectivity index (χ3v) is 5.24. The molecular weight excluding hydrogens is 376 g/mol. The smallest absolute Gasteiger partial charge is 0.290 e. The van der Waals surface area contributed by atoms with E-state index in [1.54, 1.807) is 38.1 Å². The van der Waals surface area contributed by atoms with Gasteiger partial charge in [-0.3, -0.25) is 9.59 Å². The van der Waals surface area contributed by atoms with Gasteiger partial charge in [0.1, 0.15) is 11.3 Å². The van der Waals surface area contributed by atoms with Crippen molar-refractivity contribution >= 4 is 40.2 Å². The molecule has 0 bridgehead atoms. The molecule has 146 valence electrons. The summed E-state index contributed by atoms with van der Waals surface area (Å²) >= 11 is 1.55. The Morgan fingerprint density at radius 1 is 1.21 bits per heavy atom. The number of hydrogen-bond donors (Lipinski definition) is 1. The first-order valence-electron chi connectivity index (χ1n) is 8.70. The van der Waals surface area contributed by atoms with Crippen LogP contribution >= 0.6 is 11.8 Å². The highest BCUT2D eigenvalue weighted by Gasteiger charge is 2.23. The summed E-state index contributed by atoms with van der Waals surface area (Å²) in [6.07, 6.45) is 1.94. The van der Waals surface area contributed by atoms with Gasteiger partial charge in [-0.25, -0.2) is 0 Å². The molecule has 3 aromatic rings. The molecule has 0 atom stereocenters. The Morgan fingerprint density at radius 2 is 1.96 bits per heavy atom. The van der Waals surface area contributed by atoms with Crippen LogP contribution in [-0.4, -0.2) is 43.7 Å². The van der Waals surface area contributed by atoms with Crippen LogP contribution in [0.1, 0.15) is 16.1 Å². The van der Waals surface area contributed by atoms with Crippen LogP contribution in [0.25, 0.3) is 11.0 Å². The third kappa shape index (κ3) is 3.99. The molecular formula is C21H22N2O4S. The number of benzene rings is 2. The van der Waals surface area contributed by atoms with E-state index in [1.165, 1.54) is 4.90 Å². The zero-order chi connectivity index (χ0) is 20.3. The Morgan fingerprint density at radius 3 is 2.68 bits per heavy atom. The molecule has 28 heavy (non-hydrogen) atoms. The normalized spacial score (nSPS) is 10.7. The second kappa shape index (κ2) is 8.39. The molecule has 3 rings (SSSR count). The lowest BCUT2D eigenvalue weighted by atomic mass is 10.1. The molecule has 0 saturated heterocycles. The van der Waals surface area contributed by atoms with Crippen LogP contribution in [0.15, 0.2) is 51.8 Å². The van der Waals surface area contributed by atoms with E-state index in [-0.39, 0.29) is 24.1 Å². The molecule has 0 radical (unpaired) electrons. The number of methoxy groups -OCH3 is 1. The van der Waals surface area contributed by atoms with Gasteiger partial charge in [0.25, 0.3) is 5.91 Å². The van der Waals surface area contributed by atoms with Gasteiger partial charge in [-0.15, -0.1) is 11.8 Å². The van der Waals surface area contributed by atoms with Gasteiger partial charge in [-0.1, -0.05) is 12.1 Å². The highest BCUT2D eigenvalue weighted by molar-refractivity contribution is 7.98. The van der Waals surface area contributed by atoms with Crippen molar-refractivity contribution in [2.45, 2.75) is 11.8 Å². The van der Waals surface area contributed by atoms with Crippen molar-refractivity contribution < 1.29 is 18.7 Å². The predicted octanol–water partition coefficient (Wildman–Crippen LogP) is 4.18. The summed E-state index contributed by atoms with van der Waals surface area (Å²) in [6, 6.07) is 12.9. The fraction of sp³-hybridized carbons (Fsp3) is 0.238. The molecule has 6 nitrogen and oxygen atoms in total. The quantitative estimate of drug-likeness (QED) is 0.631. The molecule has 1 heterocycles. The Balaban J connectivity index is 1.74. The molecule has 0 saturated carbocycles. The zero-order valence-corrected chi connectivity index (χ0v) is 17.1. The molecule has 2 aromatic carbocycles. The van der Waals surface area contributed by atoms with Crippen LogP contribution < -0.4 is 10.1 Å². The van der Waals surface area contributed by atoms with E-state index < -0.39 is 0 Å². The van der Waals surface area contributed by atoms with Gasteiger partial charge < -0.3 is 19.4 Å². The Labute approximate surface area is 167 Å². The molecule has 0 unspecified atom stereocenters. The van der Waals surface area contributed by atoms with E-state index in [0.29, 0.717) is 11.3 Å². The summed E-state index contributed by atoms with van der Waals surface area (Å²) in [6.45, 7) is 1.74. The number of likely N-dealkylation sites (N-methyl/N-ethyl adjacent to an activating group) is 1. The Bertz CT molecular complexity index is 1030. The maximum Gasteiger partial charge on any atom is 0.290 e. The Kier molecular flexibility index (Phi) is 5.94. The van der Waals surface area contributed by atoms with Crippen molar-refractivity contribution in [1.29, 1.82) is 0 Å². The van der Waals surface area contributed by atoms with Crippen LogP contribution in [-0.2, 0) is 4.79 Å². The predicted molar refractivity (Wildman–Crippen MR) is 111 cm³/mol. The van der Waals surface area contributed by atoms with Gasteiger partial charge in [0.2, 0.25) is 5.91 Å². The fourth-order valence-corrected chi connectivity index (χ4v) is 3.48. The zero-order valence-electron chi connectivity index (χ0n) is 16.2. The number of furan rings is 1. The second-order valence-electron chi connectivity index (χ2n) is 6.33. The second-order valence-corrected chi connectivity index (χ2v) is 7.18. The summed E-state index contributed by atoms with van der Waals surface area (Å²) in [7, 11) is 3.17. The minimum Gasteiger partial charge on any atom is -0.497 e. The van der Waals surface area contributed by atoms with Gasteiger partial charge >= 0.3 is 0 Å². The number of ether oxygens (including phenoxy) is 1. The highest BCUT2D eigenvalue weighted by atomic mass is 32.2. The number of carbonyl (C=O) groups is 2. The number of hydrogen-bond acceptors (Lipinski definition) is 5. The van der Waals surface area contributed by atoms with Crippen molar-refractivity contribution in [2.24, 2.45) is 0 Å². The van der Waals surface area contributed by atoms with Crippen molar-refractivity contribution in [2.75, 3.05) is 32.3 Å². The van der Waals surface area contributed by atoms with Crippen molar-refractivity contribution in [3.05, 3.63) is 53.8 Å². The largest absolute Gasteiger partial charge is 0.497 e. The minimum absolute atomic E-state index is 0.0820. The number of rotatable bonds is 6. The van der Waals surface area contributed by atoms with Gasteiger partial charge in [0, 0.05) is 22.9 Å². The minimum atomic E-state index is -0.346. The Hall–Kier alpha value is -2.93. The summed E-state index contributed by atoms with van der Waals surface area (Å²) < 4.78 is 11.0. The molecule has 1 N–H and O–H groups in total. The summed E-state index contributed by atoms with van der Waals surface area (Å²) in [5, 5.41) is 3.67. The molecule has 0 aliphatic carbocycles. The lowest BCUT2D eigenvalue weighted by Gasteiger charge is -2.16. The van der Waals surface area contributed by atoms with Crippen molar-refractivity contribution in [3.63, 3.8) is 0 Å². The van der Waals surface area contributed by atoms with Gasteiger partial charge in [-0.05, 0) is 43.5 Å². The fourth-order valence-electron chi connectivity index (χ4n) is 2.93. The van der Waals surface area contributed by atoms with Crippen molar-refractivity contribution in [1.82, 2.24) is 4.90 Å². The average Bonchev–Trinajstić information content (AvgIpc) is 3.03. The standard InChI is InChI=1S/C21H22N2O4S/c1-13-15-11-14(26-3)9-10-17(15)27-20(13)21(25)23(2)12-19(24)22-16-7-5-6-8-18(16)28-4/h5-11H,12H2,1-4H3,(H,22,24). The number of nitrogens with zero attached hydrogens (tertiary/aromatic N) is 1. The number of nitrogens with one attached hydrogen (secondary N) is 1. The van der Waals surface area contributed by atoms with E-state index >= 15 is 0 Å². The van der Waals surface area contributed by atoms with E-state index in [4.69, 9.17) is 9.15 Å². The molecule has 1 aromatic heterocycles. The number of thioether (sulfide) groups is 1. The molecule has 0 aliphatic heterocycles. The SMILES string of the molecule is COc1ccc2oc(C(=O)N(C)CC(=O)Nc3ccccc3SC)c(C)c2c1. The van der Waals surface area contributed by atoms with E-state index in [0.717, 1.165) is 21.5 Å². The van der Waals surface area contributed by atoms with Gasteiger partial charge in [0.15, 0.2) is 5.76 Å². The van der Waals surface area contributed by atoms with Crippen LogP contribution in [0, 0.1) is 6.92 Å². The molecule has 2 amide bonds. The number of amides is 2. The number of para-hydroxylation sites is 1.